The van der Waals surface area contributed by atoms with Crippen LogP contribution in [0.25, 0.3) is 0 Å². The van der Waals surface area contributed by atoms with Crippen LogP contribution in [-0.4, -0.2) is 131 Å². The highest BCUT2D eigenvalue weighted by Crippen LogP contribution is 2.04. The number of carbonyl (C=O) groups is 4. The number of aliphatic carboxylic acids is 4. The average molecular weight is 501 g/mol. The van der Waals surface area contributed by atoms with Gasteiger partial charge in [-0.2, -0.15) is 0 Å². The number of nitrogens with zero attached hydrogens (tertiary/aromatic N) is 1. The van der Waals surface area contributed by atoms with Crippen molar-refractivity contribution in [2.75, 3.05) is 52.7 Å². The standard InChI is InChI=1S/C18H31NO15/c20-15(21)9-13(17(24)25)31-7-3-19(2-6-30-12(11-34-29)1-5-33-28)4-8-32-14(18(26)27)10-16(22)23/h12-14,28-29H,1-11H2,(H,20,21)(H,22,23)(H,24,25)(H,26,27). The Hall–Kier alpha value is -2.44. The summed E-state index contributed by atoms with van der Waals surface area (Å²) < 4.78 is 15.7. The van der Waals surface area contributed by atoms with E-state index in [1.54, 1.807) is 4.90 Å². The zero-order valence-electron chi connectivity index (χ0n) is 18.3. The third-order valence-electron chi connectivity index (χ3n) is 4.28. The first kappa shape index (κ1) is 31.6. The van der Waals surface area contributed by atoms with E-state index in [0.717, 1.165) is 0 Å². The van der Waals surface area contributed by atoms with Crippen molar-refractivity contribution in [2.45, 2.75) is 37.6 Å². The molecule has 0 radical (unpaired) electrons. The lowest BCUT2D eigenvalue weighted by Crippen LogP contribution is -2.38. The minimum Gasteiger partial charge on any atom is -0.481 e. The fourth-order valence-electron chi connectivity index (χ4n) is 2.57. The molecule has 0 rings (SSSR count). The molecule has 0 saturated carbocycles. The molecule has 0 aromatic heterocycles. The molecule has 0 aliphatic carbocycles. The zero-order valence-corrected chi connectivity index (χ0v) is 18.3. The molecule has 198 valence electrons. The Bertz CT molecular complexity index is 576. The molecule has 0 heterocycles. The van der Waals surface area contributed by atoms with Gasteiger partial charge < -0.3 is 34.6 Å². The van der Waals surface area contributed by atoms with E-state index in [9.17, 15) is 19.2 Å². The molecule has 0 amide bonds. The number of hydrogen-bond acceptors (Lipinski definition) is 12. The molecule has 3 unspecified atom stereocenters. The first-order chi connectivity index (χ1) is 16.1. The van der Waals surface area contributed by atoms with Gasteiger partial charge in [0, 0.05) is 26.1 Å². The van der Waals surface area contributed by atoms with E-state index in [-0.39, 0.29) is 59.1 Å². The van der Waals surface area contributed by atoms with Crippen molar-refractivity contribution >= 4 is 23.9 Å². The second kappa shape index (κ2) is 18.9. The predicted octanol–water partition coefficient (Wildman–Crippen LogP) is -1.07. The molecule has 0 aromatic rings. The van der Waals surface area contributed by atoms with Gasteiger partial charge in [0.15, 0.2) is 12.2 Å². The number of carboxylic acid groups (broad SMARTS) is 4. The molecule has 0 aromatic carbocycles. The van der Waals surface area contributed by atoms with Gasteiger partial charge in [0.1, 0.15) is 6.61 Å². The van der Waals surface area contributed by atoms with Gasteiger partial charge >= 0.3 is 23.9 Å². The zero-order chi connectivity index (χ0) is 25.9. The van der Waals surface area contributed by atoms with Crippen LogP contribution in [0, 0.1) is 0 Å². The van der Waals surface area contributed by atoms with Gasteiger partial charge in [0.05, 0.1) is 45.4 Å². The van der Waals surface area contributed by atoms with Crippen molar-refractivity contribution in [1.29, 1.82) is 0 Å². The molecule has 0 saturated heterocycles. The first-order valence-electron chi connectivity index (χ1n) is 10.1. The highest BCUT2D eigenvalue weighted by Gasteiger charge is 2.23. The van der Waals surface area contributed by atoms with Crippen LogP contribution in [0.15, 0.2) is 0 Å². The fraction of sp³-hybridized carbons (Fsp3) is 0.778. The van der Waals surface area contributed by atoms with Gasteiger partial charge in [-0.1, -0.05) is 0 Å². The van der Waals surface area contributed by atoms with E-state index in [1.165, 1.54) is 0 Å². The van der Waals surface area contributed by atoms with Crippen LogP contribution in [0.4, 0.5) is 0 Å². The summed E-state index contributed by atoms with van der Waals surface area (Å²) in [5, 5.41) is 52.6. The molecule has 16 heteroatoms. The lowest BCUT2D eigenvalue weighted by molar-refractivity contribution is -0.271. The molecule has 34 heavy (non-hydrogen) atoms. The Kier molecular flexibility index (Phi) is 17.6. The first-order valence-corrected chi connectivity index (χ1v) is 10.1. The van der Waals surface area contributed by atoms with Crippen molar-refractivity contribution in [3.8, 4) is 0 Å². The van der Waals surface area contributed by atoms with Crippen LogP contribution in [0.3, 0.4) is 0 Å². The fourth-order valence-corrected chi connectivity index (χ4v) is 2.57. The summed E-state index contributed by atoms with van der Waals surface area (Å²) in [5.41, 5.74) is 0. The second-order valence-corrected chi connectivity index (χ2v) is 6.84. The normalized spacial score (nSPS) is 14.0. The topological polar surface area (TPSA) is 239 Å². The van der Waals surface area contributed by atoms with Crippen LogP contribution in [0.2, 0.25) is 0 Å². The van der Waals surface area contributed by atoms with Crippen LogP contribution >= 0.6 is 0 Å². The van der Waals surface area contributed by atoms with Crippen molar-refractivity contribution < 1.29 is 74.1 Å². The van der Waals surface area contributed by atoms with E-state index in [4.69, 9.17) is 45.2 Å². The Balaban J connectivity index is 4.88. The van der Waals surface area contributed by atoms with Crippen molar-refractivity contribution in [3.63, 3.8) is 0 Å². The highest BCUT2D eigenvalue weighted by atomic mass is 17.1. The second-order valence-electron chi connectivity index (χ2n) is 6.84. The molecule has 0 aliphatic rings. The van der Waals surface area contributed by atoms with Crippen molar-refractivity contribution in [3.05, 3.63) is 0 Å². The largest absolute Gasteiger partial charge is 0.481 e. The molecule has 6 N–H and O–H groups in total. The quantitative estimate of drug-likeness (QED) is 0.0721. The Morgan fingerprint density at radius 1 is 0.647 bits per heavy atom. The minimum absolute atomic E-state index is 0.0500. The predicted molar refractivity (Wildman–Crippen MR) is 107 cm³/mol. The molecular weight excluding hydrogens is 470 g/mol. The lowest BCUT2D eigenvalue weighted by atomic mass is 10.2. The van der Waals surface area contributed by atoms with E-state index in [1.807, 2.05) is 0 Å². The van der Waals surface area contributed by atoms with E-state index in [2.05, 4.69) is 9.78 Å². The van der Waals surface area contributed by atoms with Gasteiger partial charge in [-0.25, -0.2) is 19.4 Å². The summed E-state index contributed by atoms with van der Waals surface area (Å²) in [6.07, 6.45) is -5.06. The van der Waals surface area contributed by atoms with Crippen molar-refractivity contribution in [2.24, 2.45) is 0 Å². The minimum atomic E-state index is -1.57. The number of carboxylic acids is 4. The third kappa shape index (κ3) is 16.2. The summed E-state index contributed by atoms with van der Waals surface area (Å²) in [6.45, 7) is -0.287. The summed E-state index contributed by atoms with van der Waals surface area (Å²) >= 11 is 0. The number of ether oxygens (including phenoxy) is 3. The van der Waals surface area contributed by atoms with E-state index < -0.39 is 55.0 Å². The van der Waals surface area contributed by atoms with Gasteiger partial charge in [-0.05, 0) is 0 Å². The number of rotatable bonds is 23. The monoisotopic (exact) mass is 501 g/mol. The van der Waals surface area contributed by atoms with Crippen LogP contribution in [-0.2, 0) is 43.2 Å². The lowest BCUT2D eigenvalue weighted by Gasteiger charge is -2.25. The van der Waals surface area contributed by atoms with Gasteiger partial charge in [-0.3, -0.25) is 25.0 Å². The van der Waals surface area contributed by atoms with E-state index in [0.29, 0.717) is 0 Å². The molecule has 0 aliphatic heterocycles. The summed E-state index contributed by atoms with van der Waals surface area (Å²) in [6, 6.07) is 0. The Morgan fingerprint density at radius 3 is 1.44 bits per heavy atom. The smallest absolute Gasteiger partial charge is 0.333 e. The Morgan fingerprint density at radius 2 is 1.09 bits per heavy atom. The SMILES string of the molecule is O=C(O)CC(OCCN(CCOC(CCOO)COO)CCOC(CC(=O)O)C(=O)O)C(=O)O. The van der Waals surface area contributed by atoms with Crippen LogP contribution < -0.4 is 0 Å². The summed E-state index contributed by atoms with van der Waals surface area (Å²) in [4.78, 5) is 53.3. The average Bonchev–Trinajstić information content (AvgIpc) is 2.74. The molecular formula is C18H31NO15. The van der Waals surface area contributed by atoms with E-state index >= 15 is 0 Å². The summed E-state index contributed by atoms with van der Waals surface area (Å²) in [5.74, 6) is -5.60. The molecule has 16 nitrogen and oxygen atoms in total. The van der Waals surface area contributed by atoms with Gasteiger partial charge in [0.25, 0.3) is 0 Å². The van der Waals surface area contributed by atoms with Crippen LogP contribution in [0.1, 0.15) is 19.3 Å². The summed E-state index contributed by atoms with van der Waals surface area (Å²) in [7, 11) is 0. The molecule has 3 atom stereocenters. The Labute approximate surface area is 194 Å². The third-order valence-corrected chi connectivity index (χ3v) is 4.28. The highest BCUT2D eigenvalue weighted by molar-refractivity contribution is 5.80. The maximum Gasteiger partial charge on any atom is 0.333 e. The molecule has 0 spiro atoms. The van der Waals surface area contributed by atoms with Gasteiger partial charge in [-0.15, -0.1) is 0 Å². The number of hydrogen-bond donors (Lipinski definition) is 6. The van der Waals surface area contributed by atoms with Gasteiger partial charge in [0.2, 0.25) is 0 Å². The maximum atomic E-state index is 11.1. The molecule has 0 fully saturated rings. The maximum absolute atomic E-state index is 11.1. The van der Waals surface area contributed by atoms with Crippen molar-refractivity contribution in [1.82, 2.24) is 4.90 Å². The molecule has 0 bridgehead atoms. The van der Waals surface area contributed by atoms with Crippen LogP contribution in [0.5, 0.6) is 0 Å².